The first-order chi connectivity index (χ1) is 16.9. The largest absolute Gasteiger partial charge is 0.490 e. The van der Waals surface area contributed by atoms with Crippen molar-refractivity contribution < 1.29 is 14.3 Å². The van der Waals surface area contributed by atoms with E-state index in [4.69, 9.17) is 9.47 Å². The number of ether oxygens (including phenoxy) is 2. The molecular formula is C30H42N2O4. The molecule has 1 aliphatic heterocycles. The summed E-state index contributed by atoms with van der Waals surface area (Å²) in [6.07, 6.45) is 3.58. The summed E-state index contributed by atoms with van der Waals surface area (Å²) in [5.41, 5.74) is 2.62. The molecule has 36 heavy (non-hydrogen) atoms. The summed E-state index contributed by atoms with van der Waals surface area (Å²) in [5.74, 6) is 0.280. The highest BCUT2D eigenvalue weighted by molar-refractivity contribution is 5.89. The Morgan fingerprint density at radius 2 is 1.89 bits per heavy atom. The average molecular weight is 495 g/mol. The lowest BCUT2D eigenvalue weighted by Gasteiger charge is -2.43. The van der Waals surface area contributed by atoms with E-state index < -0.39 is 5.97 Å². The predicted molar refractivity (Wildman–Crippen MR) is 146 cm³/mol. The van der Waals surface area contributed by atoms with Crippen molar-refractivity contribution in [2.45, 2.75) is 80.4 Å². The van der Waals surface area contributed by atoms with E-state index in [0.29, 0.717) is 0 Å². The number of pyridine rings is 1. The number of carbonyl (C=O) groups is 1. The first-order valence-corrected chi connectivity index (χ1v) is 13.1. The molecule has 0 saturated heterocycles. The second-order valence-corrected chi connectivity index (χ2v) is 10.8. The Morgan fingerprint density at radius 3 is 2.47 bits per heavy atom. The Bertz CT molecular complexity index is 1300. The fraction of sp³-hybridized carbons (Fsp3) is 0.533. The van der Waals surface area contributed by atoms with Gasteiger partial charge in [-0.25, -0.2) is 4.79 Å². The van der Waals surface area contributed by atoms with E-state index >= 15 is 0 Å². The highest BCUT2D eigenvalue weighted by Gasteiger charge is 2.35. The standard InChI is InChI=1S/C30H42N2O4/c1-10-19(4)27-21(14-13-15-25(27)36-20(5)11-2)28-23-16-24(33)22(29(34)35-12-3)17-32(23)26(18-31(28)9)30(6,7)8/h13-17,20,26H,10-12,18H2,1-9H3/b27-19+,28-21-. The van der Waals surface area contributed by atoms with Gasteiger partial charge in [0, 0.05) is 36.3 Å². The molecule has 6 nitrogen and oxygen atoms in total. The Morgan fingerprint density at radius 1 is 1.19 bits per heavy atom. The van der Waals surface area contributed by atoms with E-state index in [0.717, 1.165) is 47.0 Å². The summed E-state index contributed by atoms with van der Waals surface area (Å²) >= 11 is 0. The van der Waals surface area contributed by atoms with E-state index in [1.165, 1.54) is 5.57 Å². The summed E-state index contributed by atoms with van der Waals surface area (Å²) in [6.45, 7) is 17.7. The molecule has 0 radical (unpaired) electrons. The average Bonchev–Trinajstić information content (AvgIpc) is 2.82. The van der Waals surface area contributed by atoms with Crippen molar-refractivity contribution in [3.8, 4) is 5.75 Å². The van der Waals surface area contributed by atoms with Crippen LogP contribution in [-0.2, 0) is 4.74 Å². The number of rotatable bonds is 6. The quantitative estimate of drug-likeness (QED) is 0.555. The van der Waals surface area contributed by atoms with Gasteiger partial charge in [0.2, 0.25) is 0 Å². The third kappa shape index (κ3) is 5.37. The topological polar surface area (TPSA) is 60.8 Å². The van der Waals surface area contributed by atoms with Crippen molar-refractivity contribution >= 4 is 17.2 Å². The van der Waals surface area contributed by atoms with Crippen molar-refractivity contribution in [2.24, 2.45) is 5.41 Å². The van der Waals surface area contributed by atoms with Crippen LogP contribution in [0.2, 0.25) is 0 Å². The zero-order valence-electron chi connectivity index (χ0n) is 23.4. The maximum atomic E-state index is 13.2. The second-order valence-electron chi connectivity index (χ2n) is 10.8. The van der Waals surface area contributed by atoms with E-state index in [1.54, 1.807) is 19.2 Å². The maximum absolute atomic E-state index is 13.2. The first-order valence-electron chi connectivity index (χ1n) is 13.1. The van der Waals surface area contributed by atoms with Gasteiger partial charge >= 0.3 is 5.97 Å². The molecule has 2 unspecified atom stereocenters. The van der Waals surface area contributed by atoms with Crippen molar-refractivity contribution in [1.82, 2.24) is 9.47 Å². The number of aromatic nitrogens is 1. The van der Waals surface area contributed by atoms with Gasteiger partial charge in [0.15, 0.2) is 5.43 Å². The van der Waals surface area contributed by atoms with Gasteiger partial charge in [-0.2, -0.15) is 0 Å². The van der Waals surface area contributed by atoms with Crippen LogP contribution in [0.25, 0.3) is 11.3 Å². The molecule has 0 bridgehead atoms. The molecule has 0 saturated carbocycles. The van der Waals surface area contributed by atoms with Crippen LogP contribution < -0.4 is 20.6 Å². The highest BCUT2D eigenvalue weighted by Crippen LogP contribution is 2.37. The van der Waals surface area contributed by atoms with Crippen molar-refractivity contribution in [2.75, 3.05) is 20.2 Å². The van der Waals surface area contributed by atoms with Crippen LogP contribution in [-0.4, -0.2) is 41.7 Å². The number of carbonyl (C=O) groups excluding carboxylic acids is 1. The smallest absolute Gasteiger partial charge is 0.343 e. The lowest BCUT2D eigenvalue weighted by molar-refractivity contribution is 0.0522. The van der Waals surface area contributed by atoms with Gasteiger partial charge in [-0.15, -0.1) is 0 Å². The summed E-state index contributed by atoms with van der Waals surface area (Å²) in [5, 5.41) is 2.10. The van der Waals surface area contributed by atoms with E-state index in [9.17, 15) is 9.59 Å². The molecule has 0 N–H and O–H groups in total. The number of nitrogens with zero attached hydrogens (tertiary/aromatic N) is 2. The molecule has 2 heterocycles. The fourth-order valence-corrected chi connectivity index (χ4v) is 4.77. The Labute approximate surface area is 215 Å². The van der Waals surface area contributed by atoms with Gasteiger partial charge in [-0.1, -0.05) is 52.3 Å². The van der Waals surface area contributed by atoms with Gasteiger partial charge in [0.1, 0.15) is 11.3 Å². The number of fused-ring (bicyclic) bond motifs is 1. The monoisotopic (exact) mass is 494 g/mol. The summed E-state index contributed by atoms with van der Waals surface area (Å²) in [6, 6.07) is 7.81. The molecule has 0 aliphatic carbocycles. The first kappa shape index (κ1) is 27.6. The summed E-state index contributed by atoms with van der Waals surface area (Å²) in [7, 11) is 2.08. The molecule has 2 atom stereocenters. The van der Waals surface area contributed by atoms with E-state index in [-0.39, 0.29) is 35.2 Å². The Kier molecular flexibility index (Phi) is 8.37. The molecule has 1 aromatic carbocycles. The van der Waals surface area contributed by atoms with Crippen molar-refractivity contribution in [1.29, 1.82) is 0 Å². The third-order valence-corrected chi connectivity index (χ3v) is 7.12. The lowest BCUT2D eigenvalue weighted by atomic mass is 9.84. The number of esters is 1. The number of hydrogen-bond donors (Lipinski definition) is 0. The maximum Gasteiger partial charge on any atom is 0.343 e. The zero-order valence-corrected chi connectivity index (χ0v) is 23.4. The Balaban J connectivity index is 2.48. The lowest BCUT2D eigenvalue weighted by Crippen LogP contribution is -2.46. The van der Waals surface area contributed by atoms with E-state index in [2.05, 4.69) is 71.0 Å². The third-order valence-electron chi connectivity index (χ3n) is 7.12. The van der Waals surface area contributed by atoms with Crippen LogP contribution in [0.15, 0.2) is 35.3 Å². The number of likely N-dealkylation sites (N-methyl/N-ethyl adjacent to an activating group) is 1. The molecule has 6 heteroatoms. The SMILES string of the molecule is CCOC(=O)c1cn2c(cc1=O)/C(=c1\cccc(OC(C)CC)\c1=C(/C)CC)N(C)CC2C(C)(C)C. The highest BCUT2D eigenvalue weighted by atomic mass is 16.5. The minimum absolute atomic E-state index is 0.0503. The van der Waals surface area contributed by atoms with Gasteiger partial charge in [0.25, 0.3) is 0 Å². The molecule has 196 valence electrons. The second kappa shape index (κ2) is 10.9. The predicted octanol–water partition coefficient (Wildman–Crippen LogP) is 4.47. The molecule has 0 fully saturated rings. The fourth-order valence-electron chi connectivity index (χ4n) is 4.77. The van der Waals surface area contributed by atoms with Crippen LogP contribution in [0.4, 0.5) is 0 Å². The van der Waals surface area contributed by atoms with Crippen LogP contribution in [0, 0.1) is 5.41 Å². The molecule has 1 aromatic heterocycles. The van der Waals surface area contributed by atoms with Gasteiger partial charge < -0.3 is 18.9 Å². The zero-order chi connectivity index (χ0) is 26.8. The molecule has 3 rings (SSSR count). The van der Waals surface area contributed by atoms with Gasteiger partial charge in [-0.3, -0.25) is 4.79 Å². The summed E-state index contributed by atoms with van der Waals surface area (Å²) < 4.78 is 13.7. The van der Waals surface area contributed by atoms with Crippen LogP contribution in [0.3, 0.4) is 0 Å². The van der Waals surface area contributed by atoms with Crippen molar-refractivity contribution in [3.63, 3.8) is 0 Å². The van der Waals surface area contributed by atoms with Crippen LogP contribution in [0.1, 0.15) is 90.3 Å². The number of hydrogen-bond acceptors (Lipinski definition) is 5. The van der Waals surface area contributed by atoms with E-state index in [1.807, 2.05) is 12.1 Å². The van der Waals surface area contributed by atoms with Crippen molar-refractivity contribution in [3.05, 3.63) is 62.4 Å². The minimum atomic E-state index is -0.578. The molecule has 1 aliphatic rings. The van der Waals surface area contributed by atoms with Crippen LogP contribution >= 0.6 is 0 Å². The molecule has 0 amide bonds. The molecular weight excluding hydrogens is 452 g/mol. The molecule has 0 spiro atoms. The molecule has 2 aromatic rings. The van der Waals surface area contributed by atoms with Crippen LogP contribution in [0.5, 0.6) is 5.75 Å². The normalized spacial score (nSPS) is 18.9. The Hall–Kier alpha value is -3.02. The number of benzene rings is 1. The summed E-state index contributed by atoms with van der Waals surface area (Å²) in [4.78, 5) is 28.0. The van der Waals surface area contributed by atoms with Gasteiger partial charge in [0.05, 0.1) is 30.1 Å². The van der Waals surface area contributed by atoms with Gasteiger partial charge in [-0.05, 0) is 45.1 Å². The minimum Gasteiger partial charge on any atom is -0.490 e.